The number of rotatable bonds is 1. The van der Waals surface area contributed by atoms with E-state index in [9.17, 15) is 4.39 Å². The number of aromatic nitrogens is 1. The Kier molecular flexibility index (Phi) is 1.68. The molecule has 11 heavy (non-hydrogen) atoms. The van der Waals surface area contributed by atoms with E-state index in [1.54, 1.807) is 12.3 Å². The van der Waals surface area contributed by atoms with Gasteiger partial charge in [0.15, 0.2) is 5.82 Å². The van der Waals surface area contributed by atoms with Gasteiger partial charge in [0.2, 0.25) is 0 Å². The standard InChI is InChI=1S/C8H6BrFN/c9-6-3-4-11-8(7(6)10)5-1-2-5/h3-4H,1-2H2. The smallest absolute Gasteiger partial charge is 0.159 e. The van der Waals surface area contributed by atoms with Crippen molar-refractivity contribution in [2.24, 2.45) is 0 Å². The highest BCUT2D eigenvalue weighted by molar-refractivity contribution is 9.10. The lowest BCUT2D eigenvalue weighted by Gasteiger charge is -1.99. The number of halogens is 2. The van der Waals surface area contributed by atoms with Crippen molar-refractivity contribution in [1.29, 1.82) is 0 Å². The fraction of sp³-hybridized carbons (Fsp3) is 0.250. The molecule has 0 unspecified atom stereocenters. The van der Waals surface area contributed by atoms with Crippen LogP contribution in [0.3, 0.4) is 0 Å². The van der Waals surface area contributed by atoms with Crippen molar-refractivity contribution in [3.05, 3.63) is 34.2 Å². The van der Waals surface area contributed by atoms with Gasteiger partial charge in [0.25, 0.3) is 0 Å². The van der Waals surface area contributed by atoms with E-state index in [0.717, 1.165) is 18.8 Å². The van der Waals surface area contributed by atoms with Crippen LogP contribution in [-0.4, -0.2) is 4.98 Å². The Balaban J connectivity index is 2.45. The first-order valence-electron chi connectivity index (χ1n) is 3.44. The molecule has 0 atom stereocenters. The Morgan fingerprint density at radius 2 is 2.18 bits per heavy atom. The minimum atomic E-state index is -0.222. The molecule has 0 aliphatic heterocycles. The molecule has 0 amide bonds. The van der Waals surface area contributed by atoms with Crippen molar-refractivity contribution in [3.8, 4) is 0 Å². The van der Waals surface area contributed by atoms with Gasteiger partial charge in [-0.1, -0.05) is 0 Å². The summed E-state index contributed by atoms with van der Waals surface area (Å²) in [6.07, 6.45) is 3.62. The van der Waals surface area contributed by atoms with Crippen LogP contribution in [-0.2, 0) is 0 Å². The van der Waals surface area contributed by atoms with Gasteiger partial charge in [-0.05, 0) is 34.8 Å². The van der Waals surface area contributed by atoms with E-state index in [1.807, 2.05) is 0 Å². The molecule has 2 rings (SSSR count). The molecular weight excluding hydrogens is 209 g/mol. The van der Waals surface area contributed by atoms with Crippen molar-refractivity contribution in [2.45, 2.75) is 12.8 Å². The second-order valence-corrected chi connectivity index (χ2v) is 3.41. The summed E-state index contributed by atoms with van der Waals surface area (Å²) in [5.41, 5.74) is 0.541. The van der Waals surface area contributed by atoms with Crippen LogP contribution in [0.4, 0.5) is 4.39 Å². The van der Waals surface area contributed by atoms with Gasteiger partial charge in [-0.15, -0.1) is 0 Å². The van der Waals surface area contributed by atoms with E-state index >= 15 is 0 Å². The Labute approximate surface area is 72.8 Å². The van der Waals surface area contributed by atoms with Crippen molar-refractivity contribution in [3.63, 3.8) is 0 Å². The molecule has 0 saturated heterocycles. The van der Waals surface area contributed by atoms with E-state index < -0.39 is 0 Å². The van der Waals surface area contributed by atoms with E-state index in [0.29, 0.717) is 10.2 Å². The van der Waals surface area contributed by atoms with Gasteiger partial charge >= 0.3 is 0 Å². The van der Waals surface area contributed by atoms with Crippen molar-refractivity contribution < 1.29 is 4.39 Å². The molecule has 0 spiro atoms. The maximum absolute atomic E-state index is 13.2. The van der Waals surface area contributed by atoms with Crippen LogP contribution in [0, 0.1) is 11.7 Å². The Morgan fingerprint density at radius 1 is 1.45 bits per heavy atom. The average molecular weight is 215 g/mol. The van der Waals surface area contributed by atoms with E-state index in [-0.39, 0.29) is 5.82 Å². The number of pyridine rings is 1. The molecule has 1 fully saturated rings. The highest BCUT2D eigenvalue weighted by Gasteiger charge is 2.29. The monoisotopic (exact) mass is 214 g/mol. The summed E-state index contributed by atoms with van der Waals surface area (Å²) in [5.74, 6) is 0.906. The normalized spacial score (nSPS) is 16.9. The second kappa shape index (κ2) is 2.55. The largest absolute Gasteiger partial charge is 0.258 e. The van der Waals surface area contributed by atoms with Crippen LogP contribution in [0.2, 0.25) is 0 Å². The van der Waals surface area contributed by atoms with Crippen LogP contribution in [0.15, 0.2) is 16.7 Å². The van der Waals surface area contributed by atoms with Gasteiger partial charge < -0.3 is 0 Å². The van der Waals surface area contributed by atoms with E-state index in [4.69, 9.17) is 0 Å². The lowest BCUT2D eigenvalue weighted by Crippen LogP contribution is -1.92. The van der Waals surface area contributed by atoms with Crippen LogP contribution in [0.1, 0.15) is 18.5 Å². The number of nitrogens with zero attached hydrogens (tertiary/aromatic N) is 1. The summed E-state index contributed by atoms with van der Waals surface area (Å²) in [6.45, 7) is 0. The Hall–Kier alpha value is -0.440. The summed E-state index contributed by atoms with van der Waals surface area (Å²) in [7, 11) is 0. The highest BCUT2D eigenvalue weighted by atomic mass is 79.9. The third-order valence-electron chi connectivity index (χ3n) is 1.68. The zero-order valence-corrected chi connectivity index (χ0v) is 7.36. The maximum atomic E-state index is 13.2. The molecule has 1 nitrogen and oxygen atoms in total. The molecule has 1 heterocycles. The molecule has 1 radical (unpaired) electrons. The summed E-state index contributed by atoms with van der Waals surface area (Å²) in [5, 5.41) is 0. The molecule has 1 aromatic rings. The molecule has 0 bridgehead atoms. The molecule has 1 aliphatic carbocycles. The Bertz CT molecular complexity index is 283. The summed E-state index contributed by atoms with van der Waals surface area (Å²) in [4.78, 5) is 3.96. The topological polar surface area (TPSA) is 12.9 Å². The maximum Gasteiger partial charge on any atom is 0.159 e. The average Bonchev–Trinajstić information content (AvgIpc) is 2.77. The van der Waals surface area contributed by atoms with Crippen LogP contribution < -0.4 is 0 Å². The highest BCUT2D eigenvalue weighted by Crippen LogP contribution is 2.39. The third kappa shape index (κ3) is 1.29. The lowest BCUT2D eigenvalue weighted by atomic mass is 10.2. The Morgan fingerprint density at radius 3 is 2.82 bits per heavy atom. The molecule has 3 heteroatoms. The van der Waals surface area contributed by atoms with Crippen LogP contribution in [0.25, 0.3) is 0 Å². The van der Waals surface area contributed by atoms with Crippen LogP contribution >= 0.6 is 15.9 Å². The van der Waals surface area contributed by atoms with Gasteiger partial charge in [-0.25, -0.2) is 4.39 Å². The third-order valence-corrected chi connectivity index (χ3v) is 2.29. The number of hydrogen-bond acceptors (Lipinski definition) is 1. The molecule has 1 aliphatic rings. The minimum absolute atomic E-state index is 0.222. The first-order valence-corrected chi connectivity index (χ1v) is 4.23. The van der Waals surface area contributed by atoms with Crippen molar-refractivity contribution >= 4 is 15.9 Å². The van der Waals surface area contributed by atoms with Crippen molar-refractivity contribution in [1.82, 2.24) is 4.98 Å². The first-order chi connectivity index (χ1) is 5.29. The summed E-state index contributed by atoms with van der Waals surface area (Å²) >= 11 is 3.11. The van der Waals surface area contributed by atoms with E-state index in [2.05, 4.69) is 20.9 Å². The fourth-order valence-corrected chi connectivity index (χ4v) is 1.27. The minimum Gasteiger partial charge on any atom is -0.258 e. The predicted octanol–water partition coefficient (Wildman–Crippen LogP) is 2.70. The molecule has 1 aromatic heterocycles. The van der Waals surface area contributed by atoms with Gasteiger partial charge in [0.05, 0.1) is 10.2 Å². The SMILES string of the molecule is Fc1c(Br)ccnc1[C]1CC1. The zero-order valence-electron chi connectivity index (χ0n) is 5.77. The predicted molar refractivity (Wildman–Crippen MR) is 43.5 cm³/mol. The van der Waals surface area contributed by atoms with Crippen LogP contribution in [0.5, 0.6) is 0 Å². The van der Waals surface area contributed by atoms with Gasteiger partial charge in [0.1, 0.15) is 0 Å². The van der Waals surface area contributed by atoms with Gasteiger partial charge in [-0.3, -0.25) is 4.98 Å². The fourth-order valence-electron chi connectivity index (χ4n) is 0.966. The lowest BCUT2D eigenvalue weighted by molar-refractivity contribution is 0.604. The van der Waals surface area contributed by atoms with Gasteiger partial charge in [-0.2, -0.15) is 0 Å². The molecule has 0 N–H and O–H groups in total. The second-order valence-electron chi connectivity index (χ2n) is 2.56. The number of hydrogen-bond donors (Lipinski definition) is 0. The quantitative estimate of drug-likeness (QED) is 0.701. The molecular formula is C8H6BrFN. The summed E-state index contributed by atoms with van der Waals surface area (Å²) in [6, 6.07) is 1.61. The zero-order chi connectivity index (χ0) is 7.84. The summed E-state index contributed by atoms with van der Waals surface area (Å²) < 4.78 is 13.7. The van der Waals surface area contributed by atoms with Gasteiger partial charge in [0, 0.05) is 12.1 Å². The first kappa shape index (κ1) is 7.22. The molecule has 57 valence electrons. The molecule has 1 saturated carbocycles. The molecule has 0 aromatic carbocycles. The van der Waals surface area contributed by atoms with Crippen molar-refractivity contribution in [2.75, 3.05) is 0 Å². The van der Waals surface area contributed by atoms with E-state index in [1.165, 1.54) is 0 Å².